The second kappa shape index (κ2) is 11.7. The van der Waals surface area contributed by atoms with Gasteiger partial charge in [-0.2, -0.15) is 0 Å². The summed E-state index contributed by atoms with van der Waals surface area (Å²) >= 11 is 11.4. The van der Waals surface area contributed by atoms with Crippen LogP contribution in [0.25, 0.3) is 0 Å². The molecule has 3 rings (SSSR count). The highest BCUT2D eigenvalue weighted by molar-refractivity contribution is 6.28. The van der Waals surface area contributed by atoms with Crippen LogP contribution in [0.3, 0.4) is 0 Å². The van der Waals surface area contributed by atoms with E-state index in [-0.39, 0.29) is 47.9 Å². The fraction of sp³-hybridized carbons (Fsp3) is 0.647. The SMILES string of the molecule is CC1(C)OC[C@@H](CCn2cc([N+](=O)[O-])nc2Cl)O1.O=[N+]([O-])c1cn(CC[C@@H](O)CO)c(Cl)n1. The first-order valence-electron chi connectivity index (χ1n) is 9.76. The molecule has 33 heavy (non-hydrogen) atoms. The van der Waals surface area contributed by atoms with E-state index in [4.69, 9.17) is 42.9 Å². The zero-order chi connectivity index (χ0) is 24.8. The van der Waals surface area contributed by atoms with Crippen LogP contribution in [0.4, 0.5) is 11.6 Å². The monoisotopic (exact) mass is 510 g/mol. The zero-order valence-corrected chi connectivity index (χ0v) is 19.3. The third kappa shape index (κ3) is 8.17. The van der Waals surface area contributed by atoms with Crippen molar-refractivity contribution in [3.63, 3.8) is 0 Å². The van der Waals surface area contributed by atoms with E-state index < -0.39 is 21.7 Å². The first-order chi connectivity index (χ1) is 15.4. The number of halogens is 2. The smallest absolute Gasteiger partial charge is 0.383 e. The van der Waals surface area contributed by atoms with Gasteiger partial charge in [-0.25, -0.2) is 0 Å². The van der Waals surface area contributed by atoms with E-state index in [9.17, 15) is 20.2 Å². The Morgan fingerprint density at radius 1 is 1.15 bits per heavy atom. The van der Waals surface area contributed by atoms with Gasteiger partial charge in [0.25, 0.3) is 0 Å². The van der Waals surface area contributed by atoms with Gasteiger partial charge in [0.15, 0.2) is 5.79 Å². The quantitative estimate of drug-likeness (QED) is 0.374. The Morgan fingerprint density at radius 3 is 2.06 bits per heavy atom. The molecule has 1 aliphatic heterocycles. The van der Waals surface area contributed by atoms with Gasteiger partial charge in [0, 0.05) is 13.1 Å². The van der Waals surface area contributed by atoms with Crippen LogP contribution in [0.2, 0.25) is 10.6 Å². The Hall–Kier alpha value is -2.36. The van der Waals surface area contributed by atoms with Crippen LogP contribution in [0, 0.1) is 20.2 Å². The molecule has 1 saturated heterocycles. The van der Waals surface area contributed by atoms with Crippen molar-refractivity contribution in [1.82, 2.24) is 19.1 Å². The second-order valence-corrected chi connectivity index (χ2v) is 8.18. The van der Waals surface area contributed by atoms with Crippen LogP contribution in [-0.4, -0.2) is 70.4 Å². The van der Waals surface area contributed by atoms with Crippen LogP contribution in [-0.2, 0) is 22.6 Å². The summed E-state index contributed by atoms with van der Waals surface area (Å²) in [4.78, 5) is 26.8. The standard InChI is InChI=1S/C10H14ClN3O4.C7H10ClN3O4/c1-10(2)17-6-7(18-10)3-4-13-5-8(14(15)16)12-9(13)11;8-7-9-6(11(14)15)3-10(7)2-1-5(13)4-12/h5,7H,3-4,6H2,1-2H3;3,5,12-13H,1-2,4H2/t7-;5-/m11/s1. The third-order valence-corrected chi connectivity index (χ3v) is 5.08. The highest BCUT2D eigenvalue weighted by Crippen LogP contribution is 2.25. The van der Waals surface area contributed by atoms with Gasteiger partial charge in [0.2, 0.25) is 0 Å². The number of aryl methyl sites for hydroxylation is 2. The van der Waals surface area contributed by atoms with Gasteiger partial charge in [0.1, 0.15) is 12.4 Å². The van der Waals surface area contributed by atoms with E-state index in [1.165, 1.54) is 21.5 Å². The largest absolute Gasteiger partial charge is 0.394 e. The number of ether oxygens (including phenoxy) is 2. The van der Waals surface area contributed by atoms with Crippen LogP contribution in [0.5, 0.6) is 0 Å². The first-order valence-corrected chi connectivity index (χ1v) is 10.5. The Balaban J connectivity index is 0.000000238. The third-order valence-electron chi connectivity index (χ3n) is 4.48. The molecule has 0 radical (unpaired) electrons. The lowest BCUT2D eigenvalue weighted by Crippen LogP contribution is -2.22. The molecule has 16 heteroatoms. The van der Waals surface area contributed by atoms with Crippen molar-refractivity contribution in [2.45, 2.75) is 57.8 Å². The predicted molar refractivity (Wildman–Crippen MR) is 115 cm³/mol. The molecule has 1 fully saturated rings. The zero-order valence-electron chi connectivity index (χ0n) is 17.8. The molecular formula is C17H24Cl2N6O8. The number of hydrogen-bond donors (Lipinski definition) is 2. The van der Waals surface area contributed by atoms with Crippen molar-refractivity contribution in [2.75, 3.05) is 13.2 Å². The number of nitro groups is 2. The molecule has 3 heterocycles. The summed E-state index contributed by atoms with van der Waals surface area (Å²) in [6.07, 6.45) is 2.54. The highest BCUT2D eigenvalue weighted by Gasteiger charge is 2.32. The highest BCUT2D eigenvalue weighted by atomic mass is 35.5. The summed E-state index contributed by atoms with van der Waals surface area (Å²) in [7, 11) is 0. The lowest BCUT2D eigenvalue weighted by atomic mass is 10.2. The average Bonchev–Trinajstić information content (AvgIpc) is 3.41. The van der Waals surface area contributed by atoms with Gasteiger partial charge in [0.05, 0.1) is 25.4 Å². The molecule has 0 aliphatic carbocycles. The molecule has 2 atom stereocenters. The molecule has 0 aromatic carbocycles. The molecule has 0 amide bonds. The van der Waals surface area contributed by atoms with E-state index in [1.807, 2.05) is 13.8 Å². The van der Waals surface area contributed by atoms with E-state index in [2.05, 4.69) is 9.97 Å². The Labute approximate surface area is 198 Å². The van der Waals surface area contributed by atoms with Crippen LogP contribution < -0.4 is 0 Å². The van der Waals surface area contributed by atoms with Gasteiger partial charge in [-0.15, -0.1) is 0 Å². The Bertz CT molecular complexity index is 965. The molecule has 0 unspecified atom stereocenters. The van der Waals surface area contributed by atoms with Crippen LogP contribution in [0.1, 0.15) is 26.7 Å². The lowest BCUT2D eigenvalue weighted by Gasteiger charge is -2.16. The number of imidazole rings is 2. The molecule has 2 aromatic rings. The molecule has 184 valence electrons. The Morgan fingerprint density at radius 2 is 1.67 bits per heavy atom. The average molecular weight is 511 g/mol. The molecule has 2 N–H and O–H groups in total. The van der Waals surface area contributed by atoms with Gasteiger partial charge in [-0.05, 0) is 69.7 Å². The maximum Gasteiger partial charge on any atom is 0.383 e. The maximum absolute atomic E-state index is 10.5. The van der Waals surface area contributed by atoms with Crippen molar-refractivity contribution in [2.24, 2.45) is 0 Å². The maximum atomic E-state index is 10.5. The number of aliphatic hydroxyl groups excluding tert-OH is 2. The number of hydrogen-bond acceptors (Lipinski definition) is 10. The van der Waals surface area contributed by atoms with Crippen molar-refractivity contribution >= 4 is 34.8 Å². The van der Waals surface area contributed by atoms with E-state index in [0.717, 1.165) is 0 Å². The van der Waals surface area contributed by atoms with E-state index in [0.29, 0.717) is 19.6 Å². The molecule has 0 saturated carbocycles. The number of nitrogens with zero attached hydrogens (tertiary/aromatic N) is 6. The number of aliphatic hydroxyl groups is 2. The van der Waals surface area contributed by atoms with Gasteiger partial charge < -0.3 is 39.9 Å². The summed E-state index contributed by atoms with van der Waals surface area (Å²) in [5.74, 6) is -1.14. The summed E-state index contributed by atoms with van der Waals surface area (Å²) in [6.45, 7) is 4.63. The number of aromatic nitrogens is 4. The Kier molecular flexibility index (Phi) is 9.51. The molecule has 0 bridgehead atoms. The predicted octanol–water partition coefficient (Wildman–Crippen LogP) is 2.17. The summed E-state index contributed by atoms with van der Waals surface area (Å²) in [5.41, 5.74) is 0. The molecule has 0 spiro atoms. The fourth-order valence-corrected chi connectivity index (χ4v) is 3.26. The van der Waals surface area contributed by atoms with Gasteiger partial charge >= 0.3 is 22.2 Å². The fourth-order valence-electron chi connectivity index (χ4n) is 2.82. The minimum absolute atomic E-state index is 0.00756. The number of rotatable bonds is 9. The van der Waals surface area contributed by atoms with E-state index >= 15 is 0 Å². The molecule has 2 aromatic heterocycles. The van der Waals surface area contributed by atoms with Crippen LogP contribution in [0.15, 0.2) is 12.4 Å². The van der Waals surface area contributed by atoms with Crippen molar-refractivity contribution in [3.05, 3.63) is 43.2 Å². The topological polar surface area (TPSA) is 181 Å². The first kappa shape index (κ1) is 26.9. The minimum Gasteiger partial charge on any atom is -0.394 e. The van der Waals surface area contributed by atoms with Crippen molar-refractivity contribution < 1.29 is 29.5 Å². The van der Waals surface area contributed by atoms with Crippen molar-refractivity contribution in [3.8, 4) is 0 Å². The molecule has 14 nitrogen and oxygen atoms in total. The molecular weight excluding hydrogens is 487 g/mol. The normalized spacial score (nSPS) is 17.9. The minimum atomic E-state index is -0.859. The van der Waals surface area contributed by atoms with Crippen molar-refractivity contribution in [1.29, 1.82) is 0 Å². The second-order valence-electron chi connectivity index (χ2n) is 7.50. The summed E-state index contributed by atoms with van der Waals surface area (Å²) in [6, 6.07) is 0. The lowest BCUT2D eigenvalue weighted by molar-refractivity contribution is -0.389. The summed E-state index contributed by atoms with van der Waals surface area (Å²) < 4.78 is 13.9. The van der Waals surface area contributed by atoms with E-state index in [1.54, 1.807) is 0 Å². The van der Waals surface area contributed by atoms with Crippen LogP contribution >= 0.6 is 23.2 Å². The van der Waals surface area contributed by atoms with Gasteiger partial charge in [-0.3, -0.25) is 9.13 Å². The van der Waals surface area contributed by atoms with Gasteiger partial charge in [-0.1, -0.05) is 0 Å². The molecule has 1 aliphatic rings. The summed E-state index contributed by atoms with van der Waals surface area (Å²) in [5, 5.41) is 38.6.